The molecule has 9 heteroatoms. The second-order valence-corrected chi connectivity index (χ2v) is 7.73. The van der Waals surface area contributed by atoms with Crippen molar-refractivity contribution < 1.29 is 9.26 Å². The second-order valence-electron chi connectivity index (χ2n) is 7.73. The lowest BCUT2D eigenvalue weighted by atomic mass is 9.93. The Morgan fingerprint density at radius 3 is 2.63 bits per heavy atom. The van der Waals surface area contributed by atoms with E-state index in [1.807, 2.05) is 58.0 Å². The molecule has 154 valence electrons. The average molecular weight is 406 g/mol. The lowest BCUT2D eigenvalue weighted by Gasteiger charge is -2.11. The predicted molar refractivity (Wildman–Crippen MR) is 112 cm³/mol. The van der Waals surface area contributed by atoms with Gasteiger partial charge < -0.3 is 9.26 Å². The first-order valence-electron chi connectivity index (χ1n) is 9.59. The van der Waals surface area contributed by atoms with Gasteiger partial charge in [0.05, 0.1) is 12.3 Å². The number of nitrogens with zero attached hydrogens (tertiary/aromatic N) is 5. The maximum atomic E-state index is 12.7. The van der Waals surface area contributed by atoms with Crippen LogP contribution in [0.1, 0.15) is 33.5 Å². The lowest BCUT2D eigenvalue weighted by Crippen LogP contribution is -2.12. The number of benzene rings is 1. The first-order valence-corrected chi connectivity index (χ1v) is 9.59. The topological polar surface area (TPSA) is 110 Å². The van der Waals surface area contributed by atoms with Crippen LogP contribution in [-0.2, 0) is 5.41 Å². The highest BCUT2D eigenvalue weighted by Crippen LogP contribution is 2.30. The molecular formula is C21H22N6O3. The number of azo groups is 1. The zero-order valence-electron chi connectivity index (χ0n) is 17.2. The normalized spacial score (nSPS) is 12.1. The number of rotatable bonds is 5. The Balaban J connectivity index is 1.79. The molecule has 0 saturated heterocycles. The van der Waals surface area contributed by atoms with Crippen molar-refractivity contribution in [2.45, 2.75) is 33.1 Å². The summed E-state index contributed by atoms with van der Waals surface area (Å²) in [7, 11) is 0. The van der Waals surface area contributed by atoms with Gasteiger partial charge in [-0.25, -0.2) is 4.98 Å². The van der Waals surface area contributed by atoms with Crippen LogP contribution in [0.2, 0.25) is 0 Å². The Labute approximate surface area is 172 Å². The van der Waals surface area contributed by atoms with Gasteiger partial charge in [-0.15, -0.1) is 10.2 Å². The molecule has 0 fully saturated rings. The largest absolute Gasteiger partial charge is 0.477 e. The first-order chi connectivity index (χ1) is 14.4. The van der Waals surface area contributed by atoms with Gasteiger partial charge in [0, 0.05) is 23.2 Å². The maximum Gasteiger partial charge on any atom is 0.284 e. The van der Waals surface area contributed by atoms with Gasteiger partial charge >= 0.3 is 0 Å². The van der Waals surface area contributed by atoms with Crippen LogP contribution in [0.5, 0.6) is 5.88 Å². The molecule has 3 aromatic heterocycles. The third kappa shape index (κ3) is 3.73. The van der Waals surface area contributed by atoms with Gasteiger partial charge in [0.15, 0.2) is 0 Å². The van der Waals surface area contributed by atoms with Crippen molar-refractivity contribution in [2.75, 3.05) is 6.61 Å². The molecule has 0 bridgehead atoms. The van der Waals surface area contributed by atoms with E-state index in [2.05, 4.69) is 25.4 Å². The van der Waals surface area contributed by atoms with Gasteiger partial charge in [0.1, 0.15) is 5.76 Å². The molecule has 0 radical (unpaired) electrons. The number of aromatic nitrogens is 4. The Bertz CT molecular complexity index is 1260. The Kier molecular flexibility index (Phi) is 4.94. The second kappa shape index (κ2) is 7.58. The summed E-state index contributed by atoms with van der Waals surface area (Å²) in [6.07, 6.45) is 1.79. The first kappa shape index (κ1) is 19.6. The molecule has 0 aliphatic carbocycles. The summed E-state index contributed by atoms with van der Waals surface area (Å²) in [5, 5.41) is 12.1. The molecule has 4 rings (SSSR count). The fourth-order valence-corrected chi connectivity index (χ4v) is 2.87. The Morgan fingerprint density at radius 1 is 1.20 bits per heavy atom. The number of ether oxygens (including phenoxy) is 1. The summed E-state index contributed by atoms with van der Waals surface area (Å²) >= 11 is 0. The third-order valence-corrected chi connectivity index (χ3v) is 4.41. The number of nitrogens with one attached hydrogen (secondary N) is 1. The molecule has 0 spiro atoms. The van der Waals surface area contributed by atoms with E-state index in [0.717, 1.165) is 5.56 Å². The van der Waals surface area contributed by atoms with Crippen LogP contribution in [0.3, 0.4) is 0 Å². The van der Waals surface area contributed by atoms with Crippen molar-refractivity contribution in [3.63, 3.8) is 0 Å². The van der Waals surface area contributed by atoms with Crippen LogP contribution in [-0.4, -0.2) is 26.1 Å². The van der Waals surface area contributed by atoms with Crippen LogP contribution < -0.4 is 10.3 Å². The molecule has 0 saturated carbocycles. The molecule has 4 aromatic rings. The molecule has 3 heterocycles. The Morgan fingerprint density at radius 2 is 1.97 bits per heavy atom. The van der Waals surface area contributed by atoms with E-state index in [-0.39, 0.29) is 22.8 Å². The summed E-state index contributed by atoms with van der Waals surface area (Å²) in [4.78, 5) is 19.9. The van der Waals surface area contributed by atoms with Gasteiger partial charge in [0.25, 0.3) is 5.56 Å². The molecule has 0 aliphatic heterocycles. The fourth-order valence-electron chi connectivity index (χ4n) is 2.87. The summed E-state index contributed by atoms with van der Waals surface area (Å²) in [6, 6.07) is 11.4. The van der Waals surface area contributed by atoms with Crippen molar-refractivity contribution >= 4 is 17.3 Å². The summed E-state index contributed by atoms with van der Waals surface area (Å²) in [6.45, 7) is 8.19. The van der Waals surface area contributed by atoms with Gasteiger partial charge in [-0.1, -0.05) is 56.3 Å². The van der Waals surface area contributed by atoms with Crippen molar-refractivity contribution in [1.29, 1.82) is 0 Å². The minimum Gasteiger partial charge on any atom is -0.477 e. The molecule has 1 N–H and O–H groups in total. The van der Waals surface area contributed by atoms with Gasteiger partial charge in [0.2, 0.25) is 23.2 Å². The molecule has 0 atom stereocenters. The summed E-state index contributed by atoms with van der Waals surface area (Å²) in [5.74, 6) is 1.57. The van der Waals surface area contributed by atoms with Crippen LogP contribution in [0.4, 0.5) is 11.5 Å². The zero-order valence-corrected chi connectivity index (χ0v) is 17.2. The van der Waals surface area contributed by atoms with Crippen LogP contribution in [0.25, 0.3) is 17.0 Å². The fraction of sp³-hybridized carbons (Fsp3) is 0.286. The molecular weight excluding hydrogens is 384 g/mol. The quantitative estimate of drug-likeness (QED) is 0.479. The number of hydrogen-bond donors (Lipinski definition) is 1. The highest BCUT2D eigenvalue weighted by Gasteiger charge is 2.20. The SMILES string of the molecule is CCOc1c(N=Nc2cc(C(C)(C)C)on2)c(=O)[nH]c2nc(-c3ccccc3)cn12. The minimum atomic E-state index is -0.459. The van der Waals surface area contributed by atoms with E-state index in [1.165, 1.54) is 0 Å². The van der Waals surface area contributed by atoms with E-state index in [4.69, 9.17) is 9.26 Å². The minimum absolute atomic E-state index is 0.0293. The van der Waals surface area contributed by atoms with Gasteiger partial charge in [-0.05, 0) is 6.92 Å². The summed E-state index contributed by atoms with van der Waals surface area (Å²) in [5.41, 5.74) is 0.983. The maximum absolute atomic E-state index is 12.7. The standard InChI is InChI=1S/C21H22N6O3/c1-5-29-19-17(25-24-16-11-15(30-26-16)21(2,3)4)18(28)23-20-22-14(12-27(19)20)13-9-7-6-8-10-13/h6-12H,5H2,1-4H3,(H,22,23,28). The van der Waals surface area contributed by atoms with Crippen molar-refractivity contribution in [3.8, 4) is 17.1 Å². The van der Waals surface area contributed by atoms with Crippen LogP contribution in [0.15, 0.2) is 62.1 Å². The van der Waals surface area contributed by atoms with E-state index in [1.54, 1.807) is 16.7 Å². The van der Waals surface area contributed by atoms with E-state index >= 15 is 0 Å². The molecule has 0 unspecified atom stereocenters. The zero-order chi connectivity index (χ0) is 21.3. The predicted octanol–water partition coefficient (Wildman–Crippen LogP) is 4.79. The Hall–Kier alpha value is -3.75. The smallest absolute Gasteiger partial charge is 0.284 e. The van der Waals surface area contributed by atoms with Gasteiger partial charge in [-0.2, -0.15) is 0 Å². The lowest BCUT2D eigenvalue weighted by molar-refractivity contribution is 0.322. The number of fused-ring (bicyclic) bond motifs is 1. The van der Waals surface area contributed by atoms with Crippen LogP contribution in [0, 0.1) is 0 Å². The summed E-state index contributed by atoms with van der Waals surface area (Å²) < 4.78 is 12.7. The number of imidazole rings is 1. The van der Waals surface area contributed by atoms with E-state index < -0.39 is 5.56 Å². The van der Waals surface area contributed by atoms with Crippen molar-refractivity contribution in [2.24, 2.45) is 10.2 Å². The van der Waals surface area contributed by atoms with Crippen LogP contribution >= 0.6 is 0 Å². The molecule has 0 aliphatic rings. The molecule has 30 heavy (non-hydrogen) atoms. The third-order valence-electron chi connectivity index (χ3n) is 4.41. The average Bonchev–Trinajstić information content (AvgIpc) is 3.35. The number of hydrogen-bond acceptors (Lipinski definition) is 7. The van der Waals surface area contributed by atoms with E-state index in [9.17, 15) is 4.79 Å². The number of aromatic amines is 1. The molecule has 1 aromatic carbocycles. The monoisotopic (exact) mass is 406 g/mol. The van der Waals surface area contributed by atoms with E-state index in [0.29, 0.717) is 23.8 Å². The molecule has 9 nitrogen and oxygen atoms in total. The highest BCUT2D eigenvalue weighted by molar-refractivity contribution is 5.63. The van der Waals surface area contributed by atoms with Crippen molar-refractivity contribution in [1.82, 2.24) is 19.5 Å². The van der Waals surface area contributed by atoms with Crippen molar-refractivity contribution in [3.05, 3.63) is 58.7 Å². The highest BCUT2D eigenvalue weighted by atomic mass is 16.5. The number of H-pyrrole nitrogens is 1. The molecule has 0 amide bonds. The van der Waals surface area contributed by atoms with Gasteiger partial charge in [-0.3, -0.25) is 14.2 Å².